The minimum absolute atomic E-state index is 0.328. The molecule has 2 aliphatic rings. The maximum Gasteiger partial charge on any atom is 0.0561 e. The summed E-state index contributed by atoms with van der Waals surface area (Å²) in [4.78, 5) is 0. The standard InChI is InChI=1S/C19H21NS/c1-14-6-2-3-7-15(14)18-16-8-4-5-9-17(16)19(21-18)10-12-20-13-11-19/h2-9,18,20H,10-13H2,1H3. The molecule has 2 aromatic rings. The summed E-state index contributed by atoms with van der Waals surface area (Å²) >= 11 is 2.19. The minimum Gasteiger partial charge on any atom is -0.317 e. The highest BCUT2D eigenvalue weighted by Crippen LogP contribution is 2.60. The van der Waals surface area contributed by atoms with Crippen molar-refractivity contribution in [3.05, 3.63) is 70.8 Å². The van der Waals surface area contributed by atoms with E-state index in [1.807, 2.05) is 0 Å². The monoisotopic (exact) mass is 295 g/mol. The predicted octanol–water partition coefficient (Wildman–Crippen LogP) is 4.41. The van der Waals surface area contributed by atoms with Crippen LogP contribution in [-0.4, -0.2) is 13.1 Å². The van der Waals surface area contributed by atoms with E-state index in [4.69, 9.17) is 0 Å². The van der Waals surface area contributed by atoms with Crippen LogP contribution in [0.15, 0.2) is 48.5 Å². The summed E-state index contributed by atoms with van der Waals surface area (Å²) < 4.78 is 0.328. The average molecular weight is 295 g/mol. The van der Waals surface area contributed by atoms with Crippen molar-refractivity contribution in [3.8, 4) is 0 Å². The third-order valence-corrected chi connectivity index (χ3v) is 6.78. The van der Waals surface area contributed by atoms with Crippen LogP contribution in [0.3, 0.4) is 0 Å². The van der Waals surface area contributed by atoms with Gasteiger partial charge >= 0.3 is 0 Å². The smallest absolute Gasteiger partial charge is 0.0561 e. The SMILES string of the molecule is Cc1ccccc1C1SC2(CCNCC2)c2ccccc21. The number of benzene rings is 2. The number of hydrogen-bond donors (Lipinski definition) is 1. The molecule has 1 N–H and O–H groups in total. The van der Waals surface area contributed by atoms with Crippen molar-refractivity contribution in [3.63, 3.8) is 0 Å². The van der Waals surface area contributed by atoms with Gasteiger partial charge < -0.3 is 5.32 Å². The Morgan fingerprint density at radius 2 is 1.62 bits per heavy atom. The topological polar surface area (TPSA) is 12.0 Å². The number of rotatable bonds is 1. The van der Waals surface area contributed by atoms with E-state index in [2.05, 4.69) is 72.5 Å². The van der Waals surface area contributed by atoms with Crippen molar-refractivity contribution in [1.29, 1.82) is 0 Å². The van der Waals surface area contributed by atoms with Crippen LogP contribution in [0.1, 0.15) is 40.3 Å². The molecule has 1 atom stereocenters. The molecule has 21 heavy (non-hydrogen) atoms. The van der Waals surface area contributed by atoms with E-state index in [0.717, 1.165) is 13.1 Å². The summed E-state index contributed by atoms with van der Waals surface area (Å²) in [7, 11) is 0. The summed E-state index contributed by atoms with van der Waals surface area (Å²) in [6, 6.07) is 18.0. The summed E-state index contributed by atoms with van der Waals surface area (Å²) in [5.41, 5.74) is 6.03. The molecule has 2 aliphatic heterocycles. The Morgan fingerprint density at radius 1 is 0.952 bits per heavy atom. The van der Waals surface area contributed by atoms with Crippen molar-refractivity contribution < 1.29 is 0 Å². The highest BCUT2D eigenvalue weighted by molar-refractivity contribution is 8.01. The van der Waals surface area contributed by atoms with Crippen LogP contribution in [-0.2, 0) is 4.75 Å². The summed E-state index contributed by atoms with van der Waals surface area (Å²) in [6.07, 6.45) is 2.49. The van der Waals surface area contributed by atoms with Gasteiger partial charge in [-0.1, -0.05) is 48.5 Å². The molecule has 2 heterocycles. The highest BCUT2D eigenvalue weighted by Gasteiger charge is 2.45. The van der Waals surface area contributed by atoms with Gasteiger partial charge in [0.05, 0.1) is 5.25 Å². The van der Waals surface area contributed by atoms with Gasteiger partial charge in [-0.15, -0.1) is 11.8 Å². The molecular weight excluding hydrogens is 274 g/mol. The zero-order valence-electron chi connectivity index (χ0n) is 12.4. The molecule has 0 bridgehead atoms. The van der Waals surface area contributed by atoms with E-state index >= 15 is 0 Å². The van der Waals surface area contributed by atoms with Crippen LogP contribution < -0.4 is 5.32 Å². The van der Waals surface area contributed by atoms with Crippen LogP contribution >= 0.6 is 11.8 Å². The zero-order valence-corrected chi connectivity index (χ0v) is 13.2. The van der Waals surface area contributed by atoms with Crippen LogP contribution in [0, 0.1) is 6.92 Å². The Kier molecular flexibility index (Phi) is 3.31. The highest BCUT2D eigenvalue weighted by atomic mass is 32.2. The molecule has 0 amide bonds. The van der Waals surface area contributed by atoms with Gasteiger partial charge in [0.1, 0.15) is 0 Å². The molecule has 0 aliphatic carbocycles. The van der Waals surface area contributed by atoms with Crippen LogP contribution in [0.4, 0.5) is 0 Å². The van der Waals surface area contributed by atoms with E-state index in [-0.39, 0.29) is 0 Å². The number of thioether (sulfide) groups is 1. The number of hydrogen-bond acceptors (Lipinski definition) is 2. The quantitative estimate of drug-likeness (QED) is 0.836. The Balaban J connectivity index is 1.83. The van der Waals surface area contributed by atoms with Gasteiger partial charge in [-0.05, 0) is 55.1 Å². The Hall–Kier alpha value is -1.25. The molecule has 0 saturated carbocycles. The van der Waals surface area contributed by atoms with E-state index in [9.17, 15) is 0 Å². The molecule has 2 aromatic carbocycles. The Bertz CT molecular complexity index is 658. The summed E-state index contributed by atoms with van der Waals surface area (Å²) in [5, 5.41) is 4.02. The summed E-state index contributed by atoms with van der Waals surface area (Å²) in [5.74, 6) is 0. The van der Waals surface area contributed by atoms with E-state index in [1.165, 1.54) is 24.0 Å². The van der Waals surface area contributed by atoms with Gasteiger partial charge in [0.2, 0.25) is 0 Å². The van der Waals surface area contributed by atoms with Crippen molar-refractivity contribution in [1.82, 2.24) is 5.32 Å². The lowest BCUT2D eigenvalue weighted by molar-refractivity contribution is 0.427. The molecule has 4 rings (SSSR count). The lowest BCUT2D eigenvalue weighted by atomic mass is 9.85. The second kappa shape index (κ2) is 5.19. The molecule has 1 unspecified atom stereocenters. The third-order valence-electron chi connectivity index (χ3n) is 4.96. The van der Waals surface area contributed by atoms with E-state index in [0.29, 0.717) is 10.00 Å². The molecule has 0 radical (unpaired) electrons. The normalized spacial score (nSPS) is 23.2. The second-order valence-corrected chi connectivity index (χ2v) is 7.67. The molecule has 1 fully saturated rings. The van der Waals surface area contributed by atoms with E-state index < -0.39 is 0 Å². The van der Waals surface area contributed by atoms with Crippen LogP contribution in [0.2, 0.25) is 0 Å². The lowest BCUT2D eigenvalue weighted by Crippen LogP contribution is -2.36. The van der Waals surface area contributed by atoms with Crippen molar-refractivity contribution in [2.75, 3.05) is 13.1 Å². The molecule has 0 aromatic heterocycles. The zero-order chi connectivity index (χ0) is 14.3. The molecule has 2 heteroatoms. The minimum atomic E-state index is 0.328. The first kappa shape index (κ1) is 13.4. The molecule has 1 saturated heterocycles. The van der Waals surface area contributed by atoms with E-state index in [1.54, 1.807) is 11.1 Å². The van der Waals surface area contributed by atoms with Gasteiger partial charge in [0, 0.05) is 4.75 Å². The number of piperidine rings is 1. The van der Waals surface area contributed by atoms with Gasteiger partial charge in [-0.3, -0.25) is 0 Å². The predicted molar refractivity (Wildman–Crippen MR) is 90.8 cm³/mol. The number of fused-ring (bicyclic) bond motifs is 2. The van der Waals surface area contributed by atoms with Crippen molar-refractivity contribution >= 4 is 11.8 Å². The fraction of sp³-hybridized carbons (Fsp3) is 0.368. The van der Waals surface area contributed by atoms with Gasteiger partial charge in [-0.25, -0.2) is 0 Å². The first-order valence-electron chi connectivity index (χ1n) is 7.84. The molecule has 108 valence electrons. The maximum absolute atomic E-state index is 3.52. The van der Waals surface area contributed by atoms with Gasteiger partial charge in [0.15, 0.2) is 0 Å². The van der Waals surface area contributed by atoms with Crippen molar-refractivity contribution in [2.45, 2.75) is 29.8 Å². The summed E-state index contributed by atoms with van der Waals surface area (Å²) in [6.45, 7) is 4.52. The Labute approximate surface area is 131 Å². The number of nitrogens with one attached hydrogen (secondary N) is 1. The average Bonchev–Trinajstić information content (AvgIpc) is 2.84. The fourth-order valence-electron chi connectivity index (χ4n) is 3.82. The van der Waals surface area contributed by atoms with Crippen LogP contribution in [0.5, 0.6) is 0 Å². The molecule has 1 nitrogen and oxygen atoms in total. The fourth-order valence-corrected chi connectivity index (χ4v) is 5.75. The second-order valence-electron chi connectivity index (χ2n) is 6.19. The third kappa shape index (κ3) is 2.13. The lowest BCUT2D eigenvalue weighted by Gasteiger charge is -2.34. The first-order valence-corrected chi connectivity index (χ1v) is 8.72. The Morgan fingerprint density at radius 3 is 2.38 bits per heavy atom. The largest absolute Gasteiger partial charge is 0.317 e. The number of aryl methyl sites for hydroxylation is 1. The van der Waals surface area contributed by atoms with Crippen molar-refractivity contribution in [2.24, 2.45) is 0 Å². The van der Waals surface area contributed by atoms with Gasteiger partial charge in [0.25, 0.3) is 0 Å². The first-order chi connectivity index (χ1) is 10.3. The van der Waals surface area contributed by atoms with Crippen LogP contribution in [0.25, 0.3) is 0 Å². The molecule has 1 spiro atoms. The maximum atomic E-state index is 3.52. The van der Waals surface area contributed by atoms with Gasteiger partial charge in [-0.2, -0.15) is 0 Å². The molecular formula is C19H21NS.